The van der Waals surface area contributed by atoms with Crippen LogP contribution in [0, 0.1) is 0 Å². The highest BCUT2D eigenvalue weighted by molar-refractivity contribution is 6.05. The maximum absolute atomic E-state index is 13.7. The van der Waals surface area contributed by atoms with Crippen molar-refractivity contribution in [2.75, 3.05) is 14.2 Å². The van der Waals surface area contributed by atoms with Crippen LogP contribution in [0.5, 0.6) is 17.2 Å². The zero-order chi connectivity index (χ0) is 26.5. The van der Waals surface area contributed by atoms with Gasteiger partial charge >= 0.3 is 0 Å². The molecular weight excluding hydrogens is 484 g/mol. The lowest BCUT2D eigenvalue weighted by atomic mass is 9.77. The normalized spacial score (nSPS) is 18.2. The van der Waals surface area contributed by atoms with Gasteiger partial charge in [-0.05, 0) is 62.1 Å². The van der Waals surface area contributed by atoms with E-state index in [2.05, 4.69) is 10.6 Å². The fourth-order valence-corrected chi connectivity index (χ4v) is 5.33. The van der Waals surface area contributed by atoms with E-state index < -0.39 is 11.8 Å². The molecule has 5 rings (SSSR count). The van der Waals surface area contributed by atoms with Crippen molar-refractivity contribution in [1.82, 2.24) is 10.6 Å². The Morgan fingerprint density at radius 1 is 0.974 bits per heavy atom. The maximum atomic E-state index is 13.7. The molecule has 1 spiro atoms. The van der Waals surface area contributed by atoms with Crippen molar-refractivity contribution in [2.45, 2.75) is 50.2 Å². The molecule has 3 aromatic rings. The number of carbonyl (C=O) groups excluding carboxylic acids is 2. The molecule has 0 radical (unpaired) electrons. The van der Waals surface area contributed by atoms with Gasteiger partial charge in [-0.25, -0.2) is 0 Å². The highest BCUT2D eigenvalue weighted by atomic mass is 16.5. The minimum Gasteiger partial charge on any atom is -0.493 e. The average molecular weight is 517 g/mol. The predicted molar refractivity (Wildman–Crippen MR) is 142 cm³/mol. The largest absolute Gasteiger partial charge is 0.493 e. The van der Waals surface area contributed by atoms with Crippen LogP contribution in [-0.4, -0.2) is 31.6 Å². The van der Waals surface area contributed by atoms with E-state index in [4.69, 9.17) is 18.6 Å². The maximum Gasteiger partial charge on any atom is 0.268 e. The summed E-state index contributed by atoms with van der Waals surface area (Å²) in [5.74, 6) is 1.29. The van der Waals surface area contributed by atoms with Gasteiger partial charge in [0.25, 0.3) is 11.8 Å². The Bertz CT molecular complexity index is 1320. The lowest BCUT2D eigenvalue weighted by molar-refractivity contribution is -0.119. The first-order valence-electron chi connectivity index (χ1n) is 12.9. The number of amides is 2. The number of nitrogens with one attached hydrogen (secondary N) is 2. The van der Waals surface area contributed by atoms with Crippen LogP contribution in [0.1, 0.15) is 66.2 Å². The third kappa shape index (κ3) is 5.39. The third-order valence-electron chi connectivity index (χ3n) is 7.24. The zero-order valence-electron chi connectivity index (χ0n) is 21.6. The van der Waals surface area contributed by atoms with E-state index in [0.29, 0.717) is 29.2 Å². The molecule has 1 fully saturated rings. The van der Waals surface area contributed by atoms with Crippen LogP contribution in [0.15, 0.2) is 71.0 Å². The molecule has 1 aromatic heterocycles. The van der Waals surface area contributed by atoms with Gasteiger partial charge in [-0.15, -0.1) is 0 Å². The number of carbonyl (C=O) groups is 2. The van der Waals surface area contributed by atoms with E-state index >= 15 is 0 Å². The Hall–Kier alpha value is -4.20. The van der Waals surface area contributed by atoms with Crippen LogP contribution in [0.3, 0.4) is 0 Å². The first-order valence-corrected chi connectivity index (χ1v) is 12.9. The molecule has 2 heterocycles. The molecule has 1 atom stereocenters. The molecule has 2 amide bonds. The second-order valence-electron chi connectivity index (χ2n) is 9.71. The van der Waals surface area contributed by atoms with E-state index in [1.54, 1.807) is 30.3 Å². The number of hydrogen-bond donors (Lipinski definition) is 2. The number of hydrogen-bond acceptors (Lipinski definition) is 6. The summed E-state index contributed by atoms with van der Waals surface area (Å²) in [5.41, 5.74) is 1.03. The van der Waals surface area contributed by atoms with Gasteiger partial charge in [-0.1, -0.05) is 24.6 Å². The van der Waals surface area contributed by atoms with E-state index in [-0.39, 0.29) is 17.3 Å². The highest BCUT2D eigenvalue weighted by Crippen LogP contribution is 2.46. The van der Waals surface area contributed by atoms with Gasteiger partial charge in [0.05, 0.1) is 26.5 Å². The fourth-order valence-electron chi connectivity index (χ4n) is 5.33. The summed E-state index contributed by atoms with van der Waals surface area (Å²) in [6, 6.07) is 15.8. The van der Waals surface area contributed by atoms with Crippen molar-refractivity contribution in [2.24, 2.45) is 0 Å². The molecule has 1 aliphatic carbocycles. The predicted octanol–water partition coefficient (Wildman–Crippen LogP) is 5.41. The molecule has 1 unspecified atom stereocenters. The van der Waals surface area contributed by atoms with Crippen LogP contribution in [0.25, 0.3) is 6.08 Å². The van der Waals surface area contributed by atoms with Gasteiger partial charge in [0.1, 0.15) is 22.8 Å². The van der Waals surface area contributed by atoms with E-state index in [1.807, 2.05) is 24.3 Å². The molecular formula is C30H32N2O6. The Balaban J connectivity index is 1.41. The van der Waals surface area contributed by atoms with E-state index in [0.717, 1.165) is 37.0 Å². The van der Waals surface area contributed by atoms with Gasteiger partial charge in [-0.3, -0.25) is 9.59 Å². The van der Waals surface area contributed by atoms with Crippen LogP contribution in [-0.2, 0) is 4.79 Å². The topological polar surface area (TPSA) is 99.0 Å². The molecule has 198 valence electrons. The van der Waals surface area contributed by atoms with Crippen molar-refractivity contribution in [1.29, 1.82) is 0 Å². The Kier molecular flexibility index (Phi) is 7.40. The van der Waals surface area contributed by atoms with Gasteiger partial charge in [0, 0.05) is 23.6 Å². The average Bonchev–Trinajstić information content (AvgIpc) is 3.45. The van der Waals surface area contributed by atoms with Gasteiger partial charge in [0.15, 0.2) is 11.5 Å². The zero-order valence-corrected chi connectivity index (χ0v) is 21.6. The monoisotopic (exact) mass is 516 g/mol. The number of rotatable bonds is 7. The summed E-state index contributed by atoms with van der Waals surface area (Å²) in [6.07, 6.45) is 9.03. The Morgan fingerprint density at radius 2 is 1.76 bits per heavy atom. The van der Waals surface area contributed by atoms with Crippen LogP contribution < -0.4 is 24.8 Å². The van der Waals surface area contributed by atoms with Crippen molar-refractivity contribution in [3.63, 3.8) is 0 Å². The Morgan fingerprint density at radius 3 is 2.50 bits per heavy atom. The number of furan rings is 1. The standard InChI is InChI=1S/C30H32N2O6/c1-35-26-13-12-20(17-27(26)36-2)28(33)31-23(18-21-9-8-16-37-21)29(34)32-24-19-30(14-6-3-7-15-30)38-25-11-5-4-10-22(24)25/h4-5,8-13,16-18,24H,3,6-7,14-15,19H2,1-2H3,(H,31,33)(H,32,34)/b23-18-. The quantitative estimate of drug-likeness (QED) is 0.408. The number of benzene rings is 2. The number of para-hydroxylation sites is 1. The molecule has 1 saturated carbocycles. The lowest BCUT2D eigenvalue weighted by Gasteiger charge is -2.44. The second-order valence-corrected chi connectivity index (χ2v) is 9.71. The molecule has 0 bridgehead atoms. The van der Waals surface area contributed by atoms with Crippen molar-refractivity contribution in [3.05, 3.63) is 83.4 Å². The summed E-state index contributed by atoms with van der Waals surface area (Å²) >= 11 is 0. The first-order chi connectivity index (χ1) is 18.5. The van der Waals surface area contributed by atoms with Crippen LogP contribution in [0.4, 0.5) is 0 Å². The van der Waals surface area contributed by atoms with E-state index in [9.17, 15) is 9.59 Å². The highest BCUT2D eigenvalue weighted by Gasteiger charge is 2.42. The minimum atomic E-state index is -0.463. The lowest BCUT2D eigenvalue weighted by Crippen LogP contribution is -2.47. The smallest absolute Gasteiger partial charge is 0.268 e. The summed E-state index contributed by atoms with van der Waals surface area (Å²) in [7, 11) is 3.03. The first kappa shape index (κ1) is 25.4. The summed E-state index contributed by atoms with van der Waals surface area (Å²) in [5, 5.41) is 5.94. The molecule has 38 heavy (non-hydrogen) atoms. The summed E-state index contributed by atoms with van der Waals surface area (Å²) < 4.78 is 22.5. The molecule has 2 N–H and O–H groups in total. The van der Waals surface area contributed by atoms with Gasteiger partial charge in [-0.2, -0.15) is 0 Å². The molecule has 8 heteroatoms. The number of methoxy groups -OCH3 is 2. The number of ether oxygens (including phenoxy) is 3. The molecule has 2 aliphatic rings. The SMILES string of the molecule is COc1ccc(C(=O)N/C(=C\c2ccco2)C(=O)NC2CC3(CCCCC3)Oc3ccccc32)cc1OC. The van der Waals surface area contributed by atoms with Gasteiger partial charge < -0.3 is 29.3 Å². The van der Waals surface area contributed by atoms with Crippen LogP contribution in [0.2, 0.25) is 0 Å². The minimum absolute atomic E-state index is 0.0707. The van der Waals surface area contributed by atoms with Crippen molar-refractivity contribution >= 4 is 17.9 Å². The number of fused-ring (bicyclic) bond motifs is 1. The van der Waals surface area contributed by atoms with Crippen LogP contribution >= 0.6 is 0 Å². The summed E-state index contributed by atoms with van der Waals surface area (Å²) in [6.45, 7) is 0. The van der Waals surface area contributed by atoms with Crippen molar-refractivity contribution < 1.29 is 28.2 Å². The van der Waals surface area contributed by atoms with Gasteiger partial charge in [0.2, 0.25) is 0 Å². The fraction of sp³-hybridized carbons (Fsp3) is 0.333. The Labute approximate surface area is 222 Å². The molecule has 8 nitrogen and oxygen atoms in total. The molecule has 2 aromatic carbocycles. The summed E-state index contributed by atoms with van der Waals surface area (Å²) in [4.78, 5) is 26.9. The molecule has 1 aliphatic heterocycles. The van der Waals surface area contributed by atoms with E-state index in [1.165, 1.54) is 33.0 Å². The third-order valence-corrected chi connectivity index (χ3v) is 7.24. The second kappa shape index (κ2) is 11.0. The molecule has 0 saturated heterocycles. The van der Waals surface area contributed by atoms with Crippen molar-refractivity contribution in [3.8, 4) is 17.2 Å².